The van der Waals surface area contributed by atoms with Gasteiger partial charge in [0.2, 0.25) is 0 Å². The first kappa shape index (κ1) is 9.21. The Kier molecular flexibility index (Phi) is 2.37. The van der Waals surface area contributed by atoms with Crippen molar-refractivity contribution >= 4 is 5.82 Å². The Morgan fingerprint density at radius 3 is 2.73 bits per heavy atom. The van der Waals surface area contributed by atoms with E-state index in [1.54, 1.807) is 0 Å². The van der Waals surface area contributed by atoms with Crippen LogP contribution in [-0.2, 0) is 12.8 Å². The molecule has 1 fully saturated rings. The Labute approximate surface area is 90.0 Å². The lowest BCUT2D eigenvalue weighted by Gasteiger charge is -2.15. The summed E-state index contributed by atoms with van der Waals surface area (Å²) in [4.78, 5) is 2.43. The van der Waals surface area contributed by atoms with E-state index in [2.05, 4.69) is 20.4 Å². The second-order valence-corrected chi connectivity index (χ2v) is 4.45. The van der Waals surface area contributed by atoms with E-state index in [0.717, 1.165) is 25.9 Å². The molecule has 1 saturated heterocycles. The SMILES string of the molecule is C1CCN(c2n[nH]c3c2CCNCC3)C1. The van der Waals surface area contributed by atoms with Gasteiger partial charge in [-0.05, 0) is 25.8 Å². The number of rotatable bonds is 1. The summed E-state index contributed by atoms with van der Waals surface area (Å²) in [5.41, 5.74) is 2.81. The molecule has 0 unspecified atom stereocenters. The summed E-state index contributed by atoms with van der Waals surface area (Å²) in [6, 6.07) is 0. The molecule has 0 atom stereocenters. The summed E-state index contributed by atoms with van der Waals surface area (Å²) >= 11 is 0. The van der Waals surface area contributed by atoms with E-state index in [1.165, 1.54) is 43.0 Å². The van der Waals surface area contributed by atoms with Gasteiger partial charge in [0.05, 0.1) is 0 Å². The average molecular weight is 206 g/mol. The van der Waals surface area contributed by atoms with E-state index in [4.69, 9.17) is 0 Å². The van der Waals surface area contributed by atoms with Crippen LogP contribution < -0.4 is 10.2 Å². The minimum absolute atomic E-state index is 1.08. The zero-order chi connectivity index (χ0) is 10.1. The Balaban J connectivity index is 1.91. The molecule has 2 N–H and O–H groups in total. The van der Waals surface area contributed by atoms with Crippen LogP contribution in [0.4, 0.5) is 5.82 Å². The fraction of sp³-hybridized carbons (Fsp3) is 0.727. The molecule has 0 spiro atoms. The molecule has 0 aliphatic carbocycles. The van der Waals surface area contributed by atoms with Crippen LogP contribution in [0.5, 0.6) is 0 Å². The molecule has 2 aliphatic heterocycles. The van der Waals surface area contributed by atoms with Gasteiger partial charge in [0.1, 0.15) is 0 Å². The van der Waals surface area contributed by atoms with E-state index >= 15 is 0 Å². The van der Waals surface area contributed by atoms with E-state index in [9.17, 15) is 0 Å². The summed E-state index contributed by atoms with van der Waals surface area (Å²) < 4.78 is 0. The van der Waals surface area contributed by atoms with Crippen molar-refractivity contribution < 1.29 is 0 Å². The summed E-state index contributed by atoms with van der Waals surface area (Å²) in [5, 5.41) is 11.1. The number of nitrogens with zero attached hydrogens (tertiary/aromatic N) is 2. The quantitative estimate of drug-likeness (QED) is 0.711. The number of hydrogen-bond donors (Lipinski definition) is 2. The van der Waals surface area contributed by atoms with Crippen LogP contribution in [0.3, 0.4) is 0 Å². The Hall–Kier alpha value is -1.03. The lowest BCUT2D eigenvalue weighted by Crippen LogP contribution is -2.20. The molecule has 0 saturated carbocycles. The summed E-state index contributed by atoms with van der Waals surface area (Å²) in [5.74, 6) is 1.23. The normalized spacial score (nSPS) is 21.5. The maximum atomic E-state index is 4.49. The Bertz CT molecular complexity index is 338. The van der Waals surface area contributed by atoms with Crippen LogP contribution >= 0.6 is 0 Å². The highest BCUT2D eigenvalue weighted by Gasteiger charge is 2.21. The minimum atomic E-state index is 1.08. The van der Waals surface area contributed by atoms with Gasteiger partial charge < -0.3 is 10.2 Å². The molecule has 0 bridgehead atoms. The van der Waals surface area contributed by atoms with Crippen LogP contribution in [0.1, 0.15) is 24.1 Å². The van der Waals surface area contributed by atoms with Gasteiger partial charge in [-0.15, -0.1) is 0 Å². The van der Waals surface area contributed by atoms with Crippen molar-refractivity contribution in [1.82, 2.24) is 15.5 Å². The number of fused-ring (bicyclic) bond motifs is 1. The van der Waals surface area contributed by atoms with Crippen molar-refractivity contribution in [2.75, 3.05) is 31.1 Å². The molecular weight excluding hydrogens is 188 g/mol. The largest absolute Gasteiger partial charge is 0.355 e. The number of H-pyrrole nitrogens is 1. The standard InChI is InChI=1S/C11H18N4/c1-2-8-15(7-1)11-9-3-5-12-6-4-10(9)13-14-11/h12H,1-8H2,(H,13,14). The maximum absolute atomic E-state index is 4.49. The third kappa shape index (κ3) is 1.63. The number of nitrogens with one attached hydrogen (secondary N) is 2. The monoisotopic (exact) mass is 206 g/mol. The second-order valence-electron chi connectivity index (χ2n) is 4.45. The highest BCUT2D eigenvalue weighted by Crippen LogP contribution is 2.25. The van der Waals surface area contributed by atoms with Gasteiger partial charge in [0, 0.05) is 37.3 Å². The number of aromatic amines is 1. The molecule has 1 aromatic heterocycles. The topological polar surface area (TPSA) is 44.0 Å². The first-order valence-electron chi connectivity index (χ1n) is 5.97. The molecule has 82 valence electrons. The third-order valence-electron chi connectivity index (χ3n) is 3.44. The highest BCUT2D eigenvalue weighted by molar-refractivity contribution is 5.50. The molecule has 3 rings (SSSR count). The predicted octanol–water partition coefficient (Wildman–Crippen LogP) is 0.698. The van der Waals surface area contributed by atoms with E-state index in [0.29, 0.717) is 0 Å². The van der Waals surface area contributed by atoms with Crippen molar-refractivity contribution in [3.63, 3.8) is 0 Å². The zero-order valence-corrected chi connectivity index (χ0v) is 9.05. The van der Waals surface area contributed by atoms with Gasteiger partial charge in [0.15, 0.2) is 5.82 Å². The summed E-state index contributed by atoms with van der Waals surface area (Å²) in [7, 11) is 0. The van der Waals surface area contributed by atoms with Crippen LogP contribution in [0.15, 0.2) is 0 Å². The van der Waals surface area contributed by atoms with Gasteiger partial charge in [0.25, 0.3) is 0 Å². The molecular formula is C11H18N4. The lowest BCUT2D eigenvalue weighted by atomic mass is 10.1. The Morgan fingerprint density at radius 1 is 1.07 bits per heavy atom. The zero-order valence-electron chi connectivity index (χ0n) is 9.05. The average Bonchev–Trinajstić information content (AvgIpc) is 2.83. The fourth-order valence-electron chi connectivity index (χ4n) is 2.60. The first-order chi connectivity index (χ1) is 7.45. The predicted molar refractivity (Wildman–Crippen MR) is 60.3 cm³/mol. The van der Waals surface area contributed by atoms with Crippen molar-refractivity contribution in [2.45, 2.75) is 25.7 Å². The smallest absolute Gasteiger partial charge is 0.153 e. The van der Waals surface area contributed by atoms with Crippen molar-refractivity contribution in [3.05, 3.63) is 11.3 Å². The molecule has 3 heterocycles. The third-order valence-corrected chi connectivity index (χ3v) is 3.44. The Morgan fingerprint density at radius 2 is 1.87 bits per heavy atom. The molecule has 15 heavy (non-hydrogen) atoms. The lowest BCUT2D eigenvalue weighted by molar-refractivity contribution is 0.701. The van der Waals surface area contributed by atoms with Crippen LogP contribution in [-0.4, -0.2) is 36.4 Å². The fourth-order valence-corrected chi connectivity index (χ4v) is 2.60. The van der Waals surface area contributed by atoms with Crippen molar-refractivity contribution in [1.29, 1.82) is 0 Å². The molecule has 0 amide bonds. The molecule has 0 radical (unpaired) electrons. The van der Waals surface area contributed by atoms with Gasteiger partial charge in [-0.25, -0.2) is 0 Å². The molecule has 4 nitrogen and oxygen atoms in total. The molecule has 4 heteroatoms. The minimum Gasteiger partial charge on any atom is -0.355 e. The first-order valence-corrected chi connectivity index (χ1v) is 5.97. The molecule has 0 aromatic carbocycles. The number of hydrogen-bond acceptors (Lipinski definition) is 3. The number of anilines is 1. The summed E-state index contributed by atoms with van der Waals surface area (Å²) in [6.07, 6.45) is 4.85. The van der Waals surface area contributed by atoms with Gasteiger partial charge in [-0.1, -0.05) is 0 Å². The van der Waals surface area contributed by atoms with Crippen molar-refractivity contribution in [3.8, 4) is 0 Å². The van der Waals surface area contributed by atoms with Gasteiger partial charge in [-0.2, -0.15) is 5.10 Å². The molecule has 1 aromatic rings. The van der Waals surface area contributed by atoms with E-state index in [1.807, 2.05) is 0 Å². The van der Waals surface area contributed by atoms with Gasteiger partial charge in [-0.3, -0.25) is 5.10 Å². The van der Waals surface area contributed by atoms with Crippen molar-refractivity contribution in [2.24, 2.45) is 0 Å². The highest BCUT2D eigenvalue weighted by atomic mass is 15.3. The van der Waals surface area contributed by atoms with E-state index in [-0.39, 0.29) is 0 Å². The maximum Gasteiger partial charge on any atom is 0.153 e. The van der Waals surface area contributed by atoms with Crippen LogP contribution in [0.25, 0.3) is 0 Å². The van der Waals surface area contributed by atoms with Gasteiger partial charge >= 0.3 is 0 Å². The second kappa shape index (κ2) is 3.85. The molecule has 2 aliphatic rings. The van der Waals surface area contributed by atoms with Crippen LogP contribution in [0, 0.1) is 0 Å². The number of aromatic nitrogens is 2. The van der Waals surface area contributed by atoms with Crippen LogP contribution in [0.2, 0.25) is 0 Å². The summed E-state index contributed by atoms with van der Waals surface area (Å²) in [6.45, 7) is 4.54. The van der Waals surface area contributed by atoms with E-state index < -0.39 is 0 Å².